The topological polar surface area (TPSA) is 24.9 Å². The first-order valence-electron chi connectivity index (χ1n) is 7.64. The van der Waals surface area contributed by atoms with E-state index in [9.17, 15) is 0 Å². The summed E-state index contributed by atoms with van der Waals surface area (Å²) in [5.74, 6) is 0.897. The van der Waals surface area contributed by atoms with Crippen molar-refractivity contribution in [3.8, 4) is 0 Å². The van der Waals surface area contributed by atoms with E-state index >= 15 is 0 Å². The van der Waals surface area contributed by atoms with Gasteiger partial charge >= 0.3 is 0 Å². The summed E-state index contributed by atoms with van der Waals surface area (Å²) in [6, 6.07) is 5.21. The van der Waals surface area contributed by atoms with Crippen LogP contribution in [0.2, 0.25) is 0 Å². The zero-order valence-corrected chi connectivity index (χ0v) is 12.6. The van der Waals surface area contributed by atoms with Crippen LogP contribution in [0.3, 0.4) is 0 Å². The van der Waals surface area contributed by atoms with Gasteiger partial charge in [-0.05, 0) is 43.2 Å². The fourth-order valence-electron chi connectivity index (χ4n) is 2.79. The summed E-state index contributed by atoms with van der Waals surface area (Å²) in [4.78, 5) is 4.62. The smallest absolute Gasteiger partial charge is 0.0962 e. The summed E-state index contributed by atoms with van der Waals surface area (Å²) >= 11 is 1.98. The van der Waals surface area contributed by atoms with Crippen molar-refractivity contribution in [2.75, 3.05) is 0 Å². The molecule has 19 heavy (non-hydrogen) atoms. The van der Waals surface area contributed by atoms with Gasteiger partial charge in [0.05, 0.1) is 5.03 Å². The van der Waals surface area contributed by atoms with Crippen LogP contribution >= 0.6 is 11.8 Å². The first-order valence-corrected chi connectivity index (χ1v) is 8.52. The fourth-order valence-corrected chi connectivity index (χ4v) is 4.10. The minimum Gasteiger partial charge on any atom is -0.310 e. The van der Waals surface area contributed by atoms with Crippen LogP contribution in [0.4, 0.5) is 0 Å². The molecule has 1 aromatic rings. The Morgan fingerprint density at radius 2 is 2.16 bits per heavy atom. The lowest BCUT2D eigenvalue weighted by atomic mass is 9.91. The third-order valence-corrected chi connectivity index (χ3v) is 5.39. The molecule has 1 N–H and O–H groups in total. The van der Waals surface area contributed by atoms with E-state index in [1.807, 2.05) is 18.0 Å². The monoisotopic (exact) mass is 276 g/mol. The van der Waals surface area contributed by atoms with Gasteiger partial charge in [0, 0.05) is 24.0 Å². The number of aromatic nitrogens is 1. The Hall–Kier alpha value is -0.540. The predicted molar refractivity (Wildman–Crippen MR) is 81.4 cm³/mol. The molecule has 0 saturated heterocycles. The van der Waals surface area contributed by atoms with Gasteiger partial charge in [-0.1, -0.05) is 25.8 Å². The van der Waals surface area contributed by atoms with Gasteiger partial charge in [-0.2, -0.15) is 0 Å². The van der Waals surface area contributed by atoms with Crippen LogP contribution in [-0.4, -0.2) is 16.3 Å². The van der Waals surface area contributed by atoms with E-state index in [0.717, 1.165) is 23.8 Å². The van der Waals surface area contributed by atoms with Crippen LogP contribution in [0.5, 0.6) is 0 Å². The van der Waals surface area contributed by atoms with Crippen molar-refractivity contribution >= 4 is 11.8 Å². The van der Waals surface area contributed by atoms with Crippen LogP contribution < -0.4 is 5.32 Å². The Labute approximate surface area is 120 Å². The molecule has 0 bridgehead atoms. The van der Waals surface area contributed by atoms with Crippen molar-refractivity contribution in [1.82, 2.24) is 10.3 Å². The van der Waals surface area contributed by atoms with Gasteiger partial charge in [0.2, 0.25) is 0 Å². The van der Waals surface area contributed by atoms with Crippen molar-refractivity contribution in [2.24, 2.45) is 5.92 Å². The average molecular weight is 276 g/mol. The zero-order valence-electron chi connectivity index (χ0n) is 11.8. The molecule has 0 aromatic carbocycles. The molecule has 1 heterocycles. The Balaban J connectivity index is 1.50. The molecule has 2 aliphatic rings. The number of nitrogens with zero attached hydrogens (tertiary/aromatic N) is 1. The third kappa shape index (κ3) is 4.22. The summed E-state index contributed by atoms with van der Waals surface area (Å²) in [5, 5.41) is 5.52. The van der Waals surface area contributed by atoms with Crippen molar-refractivity contribution in [2.45, 2.75) is 68.3 Å². The highest BCUT2D eigenvalue weighted by Crippen LogP contribution is 2.35. The highest BCUT2D eigenvalue weighted by molar-refractivity contribution is 7.99. The molecule has 2 unspecified atom stereocenters. The molecule has 3 heteroatoms. The van der Waals surface area contributed by atoms with Gasteiger partial charge in [-0.25, -0.2) is 4.98 Å². The summed E-state index contributed by atoms with van der Waals surface area (Å²) in [5.41, 5.74) is 1.31. The maximum atomic E-state index is 4.62. The van der Waals surface area contributed by atoms with Crippen LogP contribution in [0.15, 0.2) is 23.4 Å². The lowest BCUT2D eigenvalue weighted by Crippen LogP contribution is -2.16. The number of thioether (sulfide) groups is 1. The van der Waals surface area contributed by atoms with E-state index in [4.69, 9.17) is 0 Å². The van der Waals surface area contributed by atoms with E-state index in [1.165, 1.54) is 49.1 Å². The quantitative estimate of drug-likeness (QED) is 0.879. The molecule has 2 atom stereocenters. The molecular formula is C16H24N2S. The maximum Gasteiger partial charge on any atom is 0.0962 e. The molecule has 2 nitrogen and oxygen atoms in total. The molecule has 0 radical (unpaired) electrons. The Bertz CT molecular complexity index is 400. The van der Waals surface area contributed by atoms with Crippen LogP contribution in [-0.2, 0) is 6.54 Å². The molecule has 2 aliphatic carbocycles. The minimum absolute atomic E-state index is 0.776. The lowest BCUT2D eigenvalue weighted by molar-refractivity contribution is 0.394. The first kappa shape index (κ1) is 13.4. The van der Waals surface area contributed by atoms with Crippen molar-refractivity contribution in [1.29, 1.82) is 0 Å². The van der Waals surface area contributed by atoms with Gasteiger partial charge < -0.3 is 5.32 Å². The number of nitrogens with one attached hydrogen (secondary N) is 1. The van der Waals surface area contributed by atoms with E-state index in [1.54, 1.807) is 0 Å². The van der Waals surface area contributed by atoms with Crippen LogP contribution in [0.25, 0.3) is 0 Å². The van der Waals surface area contributed by atoms with Gasteiger partial charge in [0.1, 0.15) is 0 Å². The van der Waals surface area contributed by atoms with E-state index in [0.29, 0.717) is 0 Å². The second-order valence-electron chi connectivity index (χ2n) is 6.17. The van der Waals surface area contributed by atoms with Crippen molar-refractivity contribution in [3.63, 3.8) is 0 Å². The second kappa shape index (κ2) is 6.27. The normalized spacial score (nSPS) is 27.4. The minimum atomic E-state index is 0.776. The average Bonchev–Trinajstić information content (AvgIpc) is 3.22. The Kier molecular flexibility index (Phi) is 4.44. The summed E-state index contributed by atoms with van der Waals surface area (Å²) in [6.45, 7) is 3.36. The van der Waals surface area contributed by atoms with Gasteiger partial charge in [0.25, 0.3) is 0 Å². The van der Waals surface area contributed by atoms with Crippen molar-refractivity contribution < 1.29 is 0 Å². The SMILES string of the molecule is CC1CCCC(Sc2ccc(CNC3CC3)cn2)C1. The summed E-state index contributed by atoms with van der Waals surface area (Å²) < 4.78 is 0. The predicted octanol–water partition coefficient (Wildman–Crippen LogP) is 4.00. The van der Waals surface area contributed by atoms with E-state index in [2.05, 4.69) is 29.4 Å². The van der Waals surface area contributed by atoms with Crippen LogP contribution in [0, 0.1) is 5.92 Å². The Morgan fingerprint density at radius 1 is 1.26 bits per heavy atom. The summed E-state index contributed by atoms with van der Waals surface area (Å²) in [6.07, 6.45) is 10.3. The summed E-state index contributed by atoms with van der Waals surface area (Å²) in [7, 11) is 0. The standard InChI is InChI=1S/C16H24N2S/c1-12-3-2-4-15(9-12)19-16-8-5-13(11-18-16)10-17-14-6-7-14/h5,8,11-12,14-15,17H,2-4,6-7,9-10H2,1H3. The number of rotatable bonds is 5. The molecule has 1 aromatic heterocycles. The molecular weight excluding hydrogens is 252 g/mol. The van der Waals surface area contributed by atoms with Gasteiger partial charge in [0.15, 0.2) is 0 Å². The van der Waals surface area contributed by atoms with E-state index in [-0.39, 0.29) is 0 Å². The number of hydrogen-bond acceptors (Lipinski definition) is 3. The van der Waals surface area contributed by atoms with Gasteiger partial charge in [-0.15, -0.1) is 11.8 Å². The molecule has 3 rings (SSSR count). The number of pyridine rings is 1. The maximum absolute atomic E-state index is 4.62. The molecule has 2 saturated carbocycles. The van der Waals surface area contributed by atoms with Gasteiger partial charge in [-0.3, -0.25) is 0 Å². The molecule has 104 valence electrons. The molecule has 0 aliphatic heterocycles. The number of hydrogen-bond donors (Lipinski definition) is 1. The largest absolute Gasteiger partial charge is 0.310 e. The Morgan fingerprint density at radius 3 is 2.84 bits per heavy atom. The first-order chi connectivity index (χ1) is 9.29. The van der Waals surface area contributed by atoms with E-state index < -0.39 is 0 Å². The highest BCUT2D eigenvalue weighted by Gasteiger charge is 2.21. The van der Waals surface area contributed by atoms with Crippen molar-refractivity contribution in [3.05, 3.63) is 23.9 Å². The molecule has 2 fully saturated rings. The molecule has 0 spiro atoms. The third-order valence-electron chi connectivity index (χ3n) is 4.15. The van der Waals surface area contributed by atoms with Crippen LogP contribution in [0.1, 0.15) is 51.0 Å². The zero-order chi connectivity index (χ0) is 13.1. The lowest BCUT2D eigenvalue weighted by Gasteiger charge is -2.25. The second-order valence-corrected chi connectivity index (χ2v) is 7.49. The molecule has 0 amide bonds. The fraction of sp³-hybridized carbons (Fsp3) is 0.688. The highest BCUT2D eigenvalue weighted by atomic mass is 32.2.